The summed E-state index contributed by atoms with van der Waals surface area (Å²) in [5, 5.41) is 4.44. The fourth-order valence-electron chi connectivity index (χ4n) is 9.37. The van der Waals surface area contributed by atoms with Crippen molar-refractivity contribution in [1.82, 2.24) is 10.1 Å². The van der Waals surface area contributed by atoms with E-state index in [0.29, 0.717) is 12.8 Å². The number of carbonyl (C=O) groups is 2. The molecule has 2 atom stereocenters. The van der Waals surface area contributed by atoms with Crippen molar-refractivity contribution in [3.05, 3.63) is 0 Å². The molecule has 0 aliphatic carbocycles. The van der Waals surface area contributed by atoms with E-state index in [1.165, 1.54) is 51.4 Å². The van der Waals surface area contributed by atoms with Crippen LogP contribution in [0.1, 0.15) is 237 Å². The first kappa shape index (κ1) is 48.9. The van der Waals surface area contributed by atoms with Crippen LogP contribution in [-0.2, 0) is 28.7 Å². The molecule has 318 valence electrons. The molecule has 0 saturated carbocycles. The van der Waals surface area contributed by atoms with Gasteiger partial charge in [0.2, 0.25) is 0 Å². The lowest BCUT2D eigenvalue weighted by atomic mass is 9.80. The van der Waals surface area contributed by atoms with Crippen LogP contribution in [0, 0.1) is 0 Å². The number of carbonyl (C=O) groups excluding carboxylic acids is 2. The molecular weight excluding hydrogens is 677 g/mol. The van der Waals surface area contributed by atoms with Gasteiger partial charge in [-0.15, -0.1) is 0 Å². The van der Waals surface area contributed by atoms with Crippen molar-refractivity contribution in [3.63, 3.8) is 0 Å². The quantitative estimate of drug-likeness (QED) is 0.0604. The molecule has 0 aromatic heterocycles. The third-order valence-corrected chi connectivity index (χ3v) is 11.9. The zero-order valence-electron chi connectivity index (χ0n) is 37.6. The van der Waals surface area contributed by atoms with E-state index in [2.05, 4.69) is 93.2 Å². The minimum Gasteiger partial charge on any atom is -0.462 e. The molecule has 2 unspecified atom stereocenters. The van der Waals surface area contributed by atoms with E-state index in [4.69, 9.17) is 19.1 Å². The van der Waals surface area contributed by atoms with Crippen LogP contribution in [0.15, 0.2) is 0 Å². The first-order chi connectivity index (χ1) is 25.4. The molecule has 0 N–H and O–H groups in total. The lowest BCUT2D eigenvalue weighted by molar-refractivity contribution is -0.316. The summed E-state index contributed by atoms with van der Waals surface area (Å²) in [7, 11) is 0. The summed E-state index contributed by atoms with van der Waals surface area (Å²) < 4.78 is 12.1. The second-order valence-corrected chi connectivity index (χ2v) is 19.5. The zero-order chi connectivity index (χ0) is 40.4. The van der Waals surface area contributed by atoms with Gasteiger partial charge in [-0.3, -0.25) is 19.3 Å². The first-order valence-electron chi connectivity index (χ1n) is 22.7. The van der Waals surface area contributed by atoms with Crippen molar-refractivity contribution >= 4 is 11.9 Å². The molecule has 2 aliphatic rings. The maximum Gasteiger partial charge on any atom is 0.306 e. The van der Waals surface area contributed by atoms with E-state index in [1.54, 1.807) is 0 Å². The Hall–Kier alpha value is -1.22. The van der Waals surface area contributed by atoms with Crippen molar-refractivity contribution in [2.24, 2.45) is 0 Å². The Bertz CT molecular complexity index is 940. The lowest BCUT2D eigenvalue weighted by Gasteiger charge is -2.54. The van der Waals surface area contributed by atoms with Gasteiger partial charge in [0.15, 0.2) is 0 Å². The van der Waals surface area contributed by atoms with E-state index in [0.717, 1.165) is 89.9 Å². The van der Waals surface area contributed by atoms with E-state index >= 15 is 0 Å². The molecule has 2 fully saturated rings. The van der Waals surface area contributed by atoms with E-state index in [1.807, 2.05) is 0 Å². The number of nitrogens with zero attached hydrogens (tertiary/aromatic N) is 2. The molecule has 2 aliphatic heterocycles. The number of esters is 2. The molecule has 0 spiro atoms. The van der Waals surface area contributed by atoms with Gasteiger partial charge in [-0.1, -0.05) is 105 Å². The largest absolute Gasteiger partial charge is 0.462 e. The van der Waals surface area contributed by atoms with Gasteiger partial charge in [-0.2, -0.15) is 10.1 Å². The summed E-state index contributed by atoms with van der Waals surface area (Å²) in [6, 6.07) is 0. The number of unbranched alkanes of at least 4 members (excludes halogenated alkanes) is 11. The summed E-state index contributed by atoms with van der Waals surface area (Å²) >= 11 is 0. The minimum atomic E-state index is -0.210. The highest BCUT2D eigenvalue weighted by atomic mass is 16.7. The molecule has 0 bridgehead atoms. The highest BCUT2D eigenvalue weighted by Crippen LogP contribution is 2.42. The lowest BCUT2D eigenvalue weighted by Crippen LogP contribution is -2.62. The molecule has 2 saturated heterocycles. The van der Waals surface area contributed by atoms with E-state index in [9.17, 15) is 9.59 Å². The SMILES string of the molecule is CCCCCC(CC)ON1C(C)(C)CC(OC(=O)CCCCCCCCCCC(=O)OC2CC(C)(C)N(OC(CC)CCCCC)C(C)(C)C2)CC1(C)C. The summed E-state index contributed by atoms with van der Waals surface area (Å²) in [5.41, 5.74) is -0.838. The summed E-state index contributed by atoms with van der Waals surface area (Å²) in [4.78, 5) is 39.0. The van der Waals surface area contributed by atoms with Crippen molar-refractivity contribution in [3.8, 4) is 0 Å². The maximum atomic E-state index is 12.8. The van der Waals surface area contributed by atoms with Gasteiger partial charge >= 0.3 is 11.9 Å². The van der Waals surface area contributed by atoms with Crippen LogP contribution in [0.4, 0.5) is 0 Å². The smallest absolute Gasteiger partial charge is 0.306 e. The van der Waals surface area contributed by atoms with Crippen molar-refractivity contribution in [2.75, 3.05) is 0 Å². The number of rotatable bonds is 27. The van der Waals surface area contributed by atoms with Gasteiger partial charge in [0.05, 0.1) is 12.2 Å². The zero-order valence-corrected chi connectivity index (χ0v) is 37.6. The molecular formula is C46H88N2O6. The van der Waals surface area contributed by atoms with Crippen molar-refractivity contribution in [1.29, 1.82) is 0 Å². The van der Waals surface area contributed by atoms with Crippen LogP contribution in [-0.4, -0.2) is 68.6 Å². The van der Waals surface area contributed by atoms with Crippen LogP contribution in [0.25, 0.3) is 0 Å². The van der Waals surface area contributed by atoms with Gasteiger partial charge in [-0.25, -0.2) is 0 Å². The Balaban J connectivity index is 1.60. The molecule has 2 rings (SSSR count). The summed E-state index contributed by atoms with van der Waals surface area (Å²) in [6.07, 6.45) is 24.5. The van der Waals surface area contributed by atoms with Crippen molar-refractivity contribution < 1.29 is 28.7 Å². The van der Waals surface area contributed by atoms with Gasteiger partial charge in [-0.05, 0) is 93.9 Å². The number of hydrogen-bond donors (Lipinski definition) is 0. The molecule has 8 nitrogen and oxygen atoms in total. The first-order valence-corrected chi connectivity index (χ1v) is 22.7. The normalized spacial score (nSPS) is 21.5. The van der Waals surface area contributed by atoms with Gasteiger partial charge < -0.3 is 9.47 Å². The molecule has 0 amide bonds. The highest BCUT2D eigenvalue weighted by molar-refractivity contribution is 5.69. The van der Waals surface area contributed by atoms with Gasteiger partial charge in [0.25, 0.3) is 0 Å². The van der Waals surface area contributed by atoms with Crippen LogP contribution < -0.4 is 0 Å². The number of hydrogen-bond acceptors (Lipinski definition) is 8. The Morgan fingerprint density at radius 2 is 0.778 bits per heavy atom. The minimum absolute atomic E-state index is 0.0622. The molecule has 0 aromatic carbocycles. The Labute approximate surface area is 333 Å². The average Bonchev–Trinajstić information content (AvgIpc) is 3.06. The fourth-order valence-corrected chi connectivity index (χ4v) is 9.37. The second-order valence-electron chi connectivity index (χ2n) is 19.5. The summed E-state index contributed by atoms with van der Waals surface area (Å²) in [6.45, 7) is 26.7. The van der Waals surface area contributed by atoms with Gasteiger partial charge in [0.1, 0.15) is 12.2 Å². The van der Waals surface area contributed by atoms with Crippen LogP contribution in [0.3, 0.4) is 0 Å². The van der Waals surface area contributed by atoms with Gasteiger partial charge in [0, 0.05) is 60.7 Å². The van der Waals surface area contributed by atoms with Crippen LogP contribution in [0.2, 0.25) is 0 Å². The average molecular weight is 765 g/mol. The number of ether oxygens (including phenoxy) is 2. The molecule has 54 heavy (non-hydrogen) atoms. The van der Waals surface area contributed by atoms with Crippen LogP contribution >= 0.6 is 0 Å². The Kier molecular flexibility index (Phi) is 21.6. The number of hydroxylamine groups is 4. The Morgan fingerprint density at radius 1 is 0.481 bits per heavy atom. The molecule has 0 radical (unpaired) electrons. The second kappa shape index (κ2) is 23.9. The van der Waals surface area contributed by atoms with Crippen LogP contribution in [0.5, 0.6) is 0 Å². The predicted octanol–water partition coefficient (Wildman–Crippen LogP) is 12.6. The topological polar surface area (TPSA) is 77.5 Å². The Morgan fingerprint density at radius 3 is 1.06 bits per heavy atom. The maximum absolute atomic E-state index is 12.8. The molecule has 2 heterocycles. The monoisotopic (exact) mass is 765 g/mol. The summed E-state index contributed by atoms with van der Waals surface area (Å²) in [5.74, 6) is -0.124. The molecule has 8 heteroatoms. The van der Waals surface area contributed by atoms with E-state index < -0.39 is 0 Å². The molecule has 0 aromatic rings. The standard InChI is InChI=1S/C46H88N2O6/c1-13-17-25-29-37(15-3)53-47-43(5,6)33-39(34-44(47,7)8)51-41(49)31-27-23-21-19-20-22-24-28-32-42(50)52-40-35-45(9,10)48(46(11,12)36-40)54-38(16-4)30-26-18-14-2/h37-40H,13-36H2,1-12H3. The third-order valence-electron chi connectivity index (χ3n) is 11.9. The predicted molar refractivity (Wildman–Crippen MR) is 223 cm³/mol. The third kappa shape index (κ3) is 17.1. The highest BCUT2D eigenvalue weighted by Gasteiger charge is 2.49. The fraction of sp³-hybridized carbons (Fsp3) is 0.957. The number of piperidine rings is 2. The van der Waals surface area contributed by atoms with Crippen molar-refractivity contribution in [2.45, 2.75) is 284 Å². The van der Waals surface area contributed by atoms with E-state index in [-0.39, 0.29) is 58.5 Å².